The molecule has 0 saturated heterocycles. The lowest BCUT2D eigenvalue weighted by Crippen LogP contribution is -2.35. The molecule has 2 heterocycles. The number of carbonyl (C=O) groups excluding carboxylic acids is 2. The molecule has 0 spiro atoms. The third-order valence-electron chi connectivity index (χ3n) is 4.98. The van der Waals surface area contributed by atoms with E-state index in [1.807, 2.05) is 31.2 Å². The monoisotopic (exact) mass is 440 g/mol. The van der Waals surface area contributed by atoms with Gasteiger partial charge in [-0.1, -0.05) is 41.1 Å². The van der Waals surface area contributed by atoms with Crippen LogP contribution >= 0.6 is 0 Å². The number of rotatable bonds is 6. The molecular formula is C21H20N4O5S. The van der Waals surface area contributed by atoms with E-state index < -0.39 is 15.9 Å². The minimum atomic E-state index is -3.93. The molecule has 0 atom stereocenters. The number of nitrogens with zero attached hydrogens (tertiary/aromatic N) is 4. The van der Waals surface area contributed by atoms with Crippen molar-refractivity contribution in [1.82, 2.24) is 19.3 Å². The highest BCUT2D eigenvalue weighted by atomic mass is 32.2. The zero-order valence-corrected chi connectivity index (χ0v) is 17.8. The van der Waals surface area contributed by atoms with E-state index >= 15 is 0 Å². The van der Waals surface area contributed by atoms with Crippen LogP contribution in [0.1, 0.15) is 28.2 Å². The van der Waals surface area contributed by atoms with Crippen molar-refractivity contribution in [3.63, 3.8) is 0 Å². The molecule has 31 heavy (non-hydrogen) atoms. The van der Waals surface area contributed by atoms with Gasteiger partial charge < -0.3 is 9.42 Å². The second kappa shape index (κ2) is 7.95. The molecule has 0 aliphatic carbocycles. The summed E-state index contributed by atoms with van der Waals surface area (Å²) >= 11 is 0. The van der Waals surface area contributed by atoms with Crippen LogP contribution in [0.2, 0.25) is 0 Å². The summed E-state index contributed by atoms with van der Waals surface area (Å²) in [5.41, 5.74) is 1.99. The SMILES string of the molecule is Cc1cccc(-c2noc(CN(C)C(=O)CCN3C(=O)c4ccccc4S3(=O)=O)n2)c1. The average Bonchev–Trinajstić information content (AvgIpc) is 3.28. The van der Waals surface area contributed by atoms with E-state index in [1.54, 1.807) is 19.2 Å². The van der Waals surface area contributed by atoms with Crippen molar-refractivity contribution in [2.45, 2.75) is 24.8 Å². The summed E-state index contributed by atoms with van der Waals surface area (Å²) in [4.78, 5) is 30.6. The van der Waals surface area contributed by atoms with Crippen molar-refractivity contribution in [2.24, 2.45) is 0 Å². The Morgan fingerprint density at radius 1 is 1.16 bits per heavy atom. The lowest BCUT2D eigenvalue weighted by molar-refractivity contribution is -0.130. The number of carbonyl (C=O) groups is 2. The first kappa shape index (κ1) is 20.7. The van der Waals surface area contributed by atoms with E-state index in [1.165, 1.54) is 17.0 Å². The van der Waals surface area contributed by atoms with E-state index in [0.29, 0.717) is 5.82 Å². The van der Waals surface area contributed by atoms with E-state index in [9.17, 15) is 18.0 Å². The predicted molar refractivity (Wildman–Crippen MR) is 110 cm³/mol. The number of benzene rings is 2. The Balaban J connectivity index is 1.38. The third-order valence-corrected chi connectivity index (χ3v) is 6.82. The van der Waals surface area contributed by atoms with Crippen LogP contribution in [0.4, 0.5) is 0 Å². The van der Waals surface area contributed by atoms with Crippen molar-refractivity contribution in [3.8, 4) is 11.4 Å². The minimum absolute atomic E-state index is 0.0321. The third kappa shape index (κ3) is 3.93. The van der Waals surface area contributed by atoms with Crippen molar-refractivity contribution < 1.29 is 22.5 Å². The fraction of sp³-hybridized carbons (Fsp3) is 0.238. The molecule has 0 fully saturated rings. The quantitative estimate of drug-likeness (QED) is 0.577. The van der Waals surface area contributed by atoms with Gasteiger partial charge in [0.25, 0.3) is 15.9 Å². The van der Waals surface area contributed by atoms with Crippen molar-refractivity contribution in [1.29, 1.82) is 0 Å². The first-order chi connectivity index (χ1) is 14.8. The maximum atomic E-state index is 12.6. The van der Waals surface area contributed by atoms with Gasteiger partial charge in [-0.25, -0.2) is 12.7 Å². The summed E-state index contributed by atoms with van der Waals surface area (Å²) < 4.78 is 31.1. The van der Waals surface area contributed by atoms with E-state index in [0.717, 1.165) is 15.4 Å². The lowest BCUT2D eigenvalue weighted by atomic mass is 10.1. The normalized spacial score (nSPS) is 14.5. The molecule has 0 saturated carbocycles. The van der Waals surface area contributed by atoms with Gasteiger partial charge in [-0.2, -0.15) is 4.98 Å². The molecular weight excluding hydrogens is 420 g/mol. The summed E-state index contributed by atoms with van der Waals surface area (Å²) in [6, 6.07) is 13.6. The highest BCUT2D eigenvalue weighted by Crippen LogP contribution is 2.30. The van der Waals surface area contributed by atoms with Crippen LogP contribution in [0.15, 0.2) is 57.9 Å². The second-order valence-electron chi connectivity index (χ2n) is 7.26. The summed E-state index contributed by atoms with van der Waals surface area (Å²) in [5, 5.41) is 3.94. The molecule has 0 radical (unpaired) electrons. The average molecular weight is 440 g/mol. The molecule has 1 aromatic heterocycles. The maximum absolute atomic E-state index is 12.6. The van der Waals surface area contributed by atoms with Gasteiger partial charge in [0.15, 0.2) is 0 Å². The molecule has 1 aliphatic rings. The number of aryl methyl sites for hydroxylation is 1. The van der Waals surface area contributed by atoms with Crippen molar-refractivity contribution in [3.05, 3.63) is 65.5 Å². The first-order valence-electron chi connectivity index (χ1n) is 9.57. The number of sulfonamides is 1. The van der Waals surface area contributed by atoms with Gasteiger partial charge in [0, 0.05) is 25.6 Å². The van der Waals surface area contributed by atoms with Gasteiger partial charge in [-0.05, 0) is 25.1 Å². The van der Waals surface area contributed by atoms with Gasteiger partial charge in [0.05, 0.1) is 12.1 Å². The Hall–Kier alpha value is -3.53. The molecule has 3 aromatic rings. The highest BCUT2D eigenvalue weighted by Gasteiger charge is 2.40. The summed E-state index contributed by atoms with van der Waals surface area (Å²) in [5.74, 6) is -0.296. The van der Waals surface area contributed by atoms with Crippen LogP contribution in [0.5, 0.6) is 0 Å². The van der Waals surface area contributed by atoms with Gasteiger partial charge in [0.2, 0.25) is 17.6 Å². The summed E-state index contributed by atoms with van der Waals surface area (Å²) in [7, 11) is -2.38. The zero-order chi connectivity index (χ0) is 22.2. The molecule has 0 unspecified atom stereocenters. The number of fused-ring (bicyclic) bond motifs is 1. The van der Waals surface area contributed by atoms with Crippen molar-refractivity contribution >= 4 is 21.8 Å². The highest BCUT2D eigenvalue weighted by molar-refractivity contribution is 7.90. The Morgan fingerprint density at radius 3 is 2.68 bits per heavy atom. The number of aromatic nitrogens is 2. The summed E-state index contributed by atoms with van der Waals surface area (Å²) in [6.45, 7) is 1.79. The molecule has 2 aromatic carbocycles. The molecule has 160 valence electrons. The van der Waals surface area contributed by atoms with Crippen LogP contribution in [0.25, 0.3) is 11.4 Å². The fourth-order valence-electron chi connectivity index (χ4n) is 3.35. The van der Waals surface area contributed by atoms with Crippen LogP contribution < -0.4 is 0 Å². The lowest BCUT2D eigenvalue weighted by Gasteiger charge is -2.18. The smallest absolute Gasteiger partial charge is 0.269 e. The second-order valence-corrected chi connectivity index (χ2v) is 9.09. The molecule has 9 nitrogen and oxygen atoms in total. The Labute approximate surface area is 179 Å². The van der Waals surface area contributed by atoms with E-state index in [-0.39, 0.29) is 41.8 Å². The van der Waals surface area contributed by atoms with Crippen LogP contribution in [0, 0.1) is 6.92 Å². The first-order valence-corrected chi connectivity index (χ1v) is 11.0. The van der Waals surface area contributed by atoms with Gasteiger partial charge >= 0.3 is 0 Å². The van der Waals surface area contributed by atoms with Gasteiger partial charge in [0.1, 0.15) is 4.90 Å². The number of hydrogen-bond donors (Lipinski definition) is 0. The van der Waals surface area contributed by atoms with E-state index in [2.05, 4.69) is 10.1 Å². The zero-order valence-electron chi connectivity index (χ0n) is 17.0. The van der Waals surface area contributed by atoms with Crippen LogP contribution in [0.3, 0.4) is 0 Å². The number of amides is 2. The molecule has 4 rings (SSSR count). The number of hydrogen-bond acceptors (Lipinski definition) is 7. The van der Waals surface area contributed by atoms with Gasteiger partial charge in [-0.3, -0.25) is 9.59 Å². The minimum Gasteiger partial charge on any atom is -0.337 e. The Bertz CT molecular complexity index is 1270. The molecule has 0 bridgehead atoms. The predicted octanol–water partition coefficient (Wildman–Crippen LogP) is 2.24. The molecule has 0 N–H and O–H groups in total. The molecule has 10 heteroatoms. The van der Waals surface area contributed by atoms with Crippen LogP contribution in [-0.2, 0) is 21.4 Å². The van der Waals surface area contributed by atoms with Crippen LogP contribution in [-0.4, -0.2) is 53.2 Å². The summed E-state index contributed by atoms with van der Waals surface area (Å²) in [6.07, 6.45) is -0.158. The molecule has 2 amide bonds. The standard InChI is InChI=1S/C21H20N4O5S/c1-14-6-5-7-15(12-14)20-22-18(30-23-20)13-24(2)19(26)10-11-25-21(27)16-8-3-4-9-17(16)31(25,28)29/h3-9,12H,10-11,13H2,1-2H3. The van der Waals surface area contributed by atoms with Crippen molar-refractivity contribution in [2.75, 3.05) is 13.6 Å². The fourth-order valence-corrected chi connectivity index (χ4v) is 4.92. The van der Waals surface area contributed by atoms with E-state index in [4.69, 9.17) is 4.52 Å². The van der Waals surface area contributed by atoms with Gasteiger partial charge in [-0.15, -0.1) is 0 Å². The largest absolute Gasteiger partial charge is 0.337 e. The maximum Gasteiger partial charge on any atom is 0.269 e. The topological polar surface area (TPSA) is 114 Å². The Kier molecular flexibility index (Phi) is 5.32. The molecule has 1 aliphatic heterocycles. The Morgan fingerprint density at radius 2 is 1.94 bits per heavy atom.